The Morgan fingerprint density at radius 1 is 0.771 bits per heavy atom. The van der Waals surface area contributed by atoms with E-state index in [0.717, 1.165) is 36.1 Å². The second-order valence-electron chi connectivity index (χ2n) is 8.88. The molecule has 3 aromatic rings. The van der Waals surface area contributed by atoms with E-state index in [9.17, 15) is 4.79 Å². The number of hydrogen-bond donors (Lipinski definition) is 0. The van der Waals surface area contributed by atoms with Crippen LogP contribution in [0.5, 0.6) is 11.5 Å². The molecular formula is C30H38N2O3. The smallest absolute Gasteiger partial charge is 0.343 e. The summed E-state index contributed by atoms with van der Waals surface area (Å²) >= 11 is 0. The van der Waals surface area contributed by atoms with E-state index in [2.05, 4.69) is 23.8 Å². The normalized spacial score (nSPS) is 10.8. The van der Waals surface area contributed by atoms with Gasteiger partial charge < -0.3 is 9.47 Å². The van der Waals surface area contributed by atoms with E-state index in [1.54, 1.807) is 24.5 Å². The van der Waals surface area contributed by atoms with Crippen LogP contribution >= 0.6 is 0 Å². The highest BCUT2D eigenvalue weighted by atomic mass is 16.5. The summed E-state index contributed by atoms with van der Waals surface area (Å²) in [5.74, 6) is 1.62. The first-order chi connectivity index (χ1) is 17.2. The van der Waals surface area contributed by atoms with Gasteiger partial charge in [-0.2, -0.15) is 0 Å². The van der Waals surface area contributed by atoms with Crippen LogP contribution in [0.15, 0.2) is 60.9 Å². The number of ether oxygens (including phenoxy) is 2. The van der Waals surface area contributed by atoms with Gasteiger partial charge in [0.2, 0.25) is 0 Å². The van der Waals surface area contributed by atoms with Crippen molar-refractivity contribution in [2.24, 2.45) is 0 Å². The van der Waals surface area contributed by atoms with E-state index in [1.165, 1.54) is 44.9 Å². The lowest BCUT2D eigenvalue weighted by molar-refractivity contribution is 0.0734. The van der Waals surface area contributed by atoms with E-state index < -0.39 is 0 Å². The van der Waals surface area contributed by atoms with Gasteiger partial charge in [-0.05, 0) is 73.4 Å². The van der Waals surface area contributed by atoms with Crippen molar-refractivity contribution in [2.75, 3.05) is 6.61 Å². The quantitative estimate of drug-likeness (QED) is 0.128. The van der Waals surface area contributed by atoms with E-state index >= 15 is 0 Å². The molecule has 0 N–H and O–H groups in total. The van der Waals surface area contributed by atoms with E-state index in [0.29, 0.717) is 23.7 Å². The Hall–Kier alpha value is -3.21. The molecule has 0 radical (unpaired) electrons. The van der Waals surface area contributed by atoms with Gasteiger partial charge in [-0.15, -0.1) is 0 Å². The van der Waals surface area contributed by atoms with Crippen molar-refractivity contribution in [3.05, 3.63) is 72.1 Å². The molecule has 2 aromatic carbocycles. The van der Waals surface area contributed by atoms with Crippen LogP contribution in [-0.2, 0) is 6.42 Å². The Bertz CT molecular complexity index is 1020. The fourth-order valence-electron chi connectivity index (χ4n) is 3.99. The zero-order chi connectivity index (χ0) is 24.7. The molecule has 0 saturated carbocycles. The maximum absolute atomic E-state index is 12.8. The zero-order valence-electron chi connectivity index (χ0n) is 21.2. The van der Waals surface area contributed by atoms with Crippen LogP contribution in [0, 0.1) is 0 Å². The average Bonchev–Trinajstić information content (AvgIpc) is 2.89. The SMILES string of the molecule is CCCCCCCOc1ccc(C(=O)Oc2ccc(-c3ncccn3)c(CCCCCC)c2)cc1. The number of benzene rings is 2. The Morgan fingerprint density at radius 2 is 1.43 bits per heavy atom. The van der Waals surface area contributed by atoms with Crippen LogP contribution in [-0.4, -0.2) is 22.5 Å². The number of esters is 1. The summed E-state index contributed by atoms with van der Waals surface area (Å²) in [6.45, 7) is 5.12. The Labute approximate surface area is 209 Å². The largest absolute Gasteiger partial charge is 0.494 e. The minimum Gasteiger partial charge on any atom is -0.494 e. The standard InChI is InChI=1S/C30H38N2O3/c1-3-5-7-9-11-22-34-26-16-14-24(15-17-26)30(33)35-27-18-19-28(29-31-20-12-21-32-29)25(23-27)13-10-8-6-4-2/h12,14-21,23H,3-11,13,22H2,1-2H3. The van der Waals surface area contributed by atoms with Crippen LogP contribution in [0.25, 0.3) is 11.4 Å². The predicted molar refractivity (Wildman–Crippen MR) is 141 cm³/mol. The van der Waals surface area contributed by atoms with E-state index in [-0.39, 0.29) is 5.97 Å². The van der Waals surface area contributed by atoms with Crippen molar-refractivity contribution < 1.29 is 14.3 Å². The van der Waals surface area contributed by atoms with Gasteiger partial charge in [-0.3, -0.25) is 0 Å². The molecule has 0 unspecified atom stereocenters. The van der Waals surface area contributed by atoms with Gasteiger partial charge in [0.05, 0.1) is 12.2 Å². The highest BCUT2D eigenvalue weighted by Crippen LogP contribution is 2.27. The lowest BCUT2D eigenvalue weighted by Crippen LogP contribution is -2.09. The number of carbonyl (C=O) groups excluding carboxylic acids is 1. The van der Waals surface area contributed by atoms with Crippen molar-refractivity contribution in [1.29, 1.82) is 0 Å². The molecule has 5 heteroatoms. The van der Waals surface area contributed by atoms with Gasteiger partial charge >= 0.3 is 5.97 Å². The minimum absolute atomic E-state index is 0.378. The highest BCUT2D eigenvalue weighted by molar-refractivity contribution is 5.91. The summed E-state index contributed by atoms with van der Waals surface area (Å²) < 4.78 is 11.5. The second-order valence-corrected chi connectivity index (χ2v) is 8.88. The molecule has 35 heavy (non-hydrogen) atoms. The molecule has 0 saturated heterocycles. The zero-order valence-corrected chi connectivity index (χ0v) is 21.2. The van der Waals surface area contributed by atoms with Crippen molar-refractivity contribution >= 4 is 5.97 Å². The first-order valence-corrected chi connectivity index (χ1v) is 13.1. The Morgan fingerprint density at radius 3 is 2.14 bits per heavy atom. The number of carbonyl (C=O) groups is 1. The molecule has 0 bridgehead atoms. The summed E-state index contributed by atoms with van der Waals surface area (Å²) in [7, 11) is 0. The lowest BCUT2D eigenvalue weighted by Gasteiger charge is -2.12. The van der Waals surface area contributed by atoms with Crippen LogP contribution in [0.1, 0.15) is 87.6 Å². The molecule has 0 aliphatic heterocycles. The summed E-state index contributed by atoms with van der Waals surface area (Å²) in [4.78, 5) is 21.6. The molecule has 1 heterocycles. The van der Waals surface area contributed by atoms with Crippen molar-refractivity contribution in [2.45, 2.75) is 78.1 Å². The van der Waals surface area contributed by atoms with Crippen LogP contribution < -0.4 is 9.47 Å². The molecule has 186 valence electrons. The number of hydrogen-bond acceptors (Lipinski definition) is 5. The molecule has 0 atom stereocenters. The maximum Gasteiger partial charge on any atom is 0.343 e. The Kier molecular flexibility index (Phi) is 11.3. The minimum atomic E-state index is -0.378. The van der Waals surface area contributed by atoms with Crippen molar-refractivity contribution in [3.8, 4) is 22.9 Å². The molecule has 0 fully saturated rings. The molecule has 0 amide bonds. The molecule has 3 rings (SSSR count). The number of rotatable bonds is 15. The fourth-order valence-corrected chi connectivity index (χ4v) is 3.99. The first kappa shape index (κ1) is 26.4. The predicted octanol–water partition coefficient (Wildman–Crippen LogP) is 7.83. The summed E-state index contributed by atoms with van der Waals surface area (Å²) in [6, 6.07) is 14.7. The summed E-state index contributed by atoms with van der Waals surface area (Å²) in [6.07, 6.45) is 15.0. The number of aromatic nitrogens is 2. The van der Waals surface area contributed by atoms with Crippen molar-refractivity contribution in [3.63, 3.8) is 0 Å². The molecule has 1 aromatic heterocycles. The van der Waals surface area contributed by atoms with Gasteiger partial charge in [0, 0.05) is 18.0 Å². The van der Waals surface area contributed by atoms with Crippen LogP contribution in [0.4, 0.5) is 0 Å². The highest BCUT2D eigenvalue weighted by Gasteiger charge is 2.13. The van der Waals surface area contributed by atoms with Crippen molar-refractivity contribution in [1.82, 2.24) is 9.97 Å². The van der Waals surface area contributed by atoms with Gasteiger partial charge in [-0.25, -0.2) is 14.8 Å². The maximum atomic E-state index is 12.8. The topological polar surface area (TPSA) is 61.3 Å². The second kappa shape index (κ2) is 14.9. The summed E-state index contributed by atoms with van der Waals surface area (Å²) in [5.41, 5.74) is 2.58. The molecule has 5 nitrogen and oxygen atoms in total. The number of unbranched alkanes of at least 4 members (excludes halogenated alkanes) is 7. The van der Waals surface area contributed by atoms with Gasteiger partial charge in [0.15, 0.2) is 5.82 Å². The fraction of sp³-hybridized carbons (Fsp3) is 0.433. The van der Waals surface area contributed by atoms with Crippen LogP contribution in [0.3, 0.4) is 0 Å². The summed E-state index contributed by atoms with van der Waals surface area (Å²) in [5, 5.41) is 0. The van der Waals surface area contributed by atoms with E-state index in [4.69, 9.17) is 9.47 Å². The van der Waals surface area contributed by atoms with Crippen LogP contribution in [0.2, 0.25) is 0 Å². The molecule has 0 aliphatic rings. The average molecular weight is 475 g/mol. The third-order valence-corrected chi connectivity index (χ3v) is 6.00. The monoisotopic (exact) mass is 474 g/mol. The Balaban J connectivity index is 1.61. The van der Waals surface area contributed by atoms with E-state index in [1.807, 2.05) is 36.4 Å². The first-order valence-electron chi connectivity index (χ1n) is 13.1. The van der Waals surface area contributed by atoms with Gasteiger partial charge in [0.25, 0.3) is 0 Å². The molecule has 0 aliphatic carbocycles. The van der Waals surface area contributed by atoms with Gasteiger partial charge in [-0.1, -0.05) is 58.8 Å². The molecular weight excluding hydrogens is 436 g/mol. The molecule has 0 spiro atoms. The van der Waals surface area contributed by atoms with Gasteiger partial charge in [0.1, 0.15) is 11.5 Å². The lowest BCUT2D eigenvalue weighted by atomic mass is 10.00. The number of nitrogens with zero attached hydrogens (tertiary/aromatic N) is 2. The number of aryl methyl sites for hydroxylation is 1. The third kappa shape index (κ3) is 8.82. The third-order valence-electron chi connectivity index (χ3n) is 6.00.